The highest BCUT2D eigenvalue weighted by Crippen LogP contribution is 2.27. The second-order valence-electron chi connectivity index (χ2n) is 4.29. The summed E-state index contributed by atoms with van der Waals surface area (Å²) >= 11 is 1.75. The van der Waals surface area contributed by atoms with E-state index in [0.717, 1.165) is 12.5 Å². The van der Waals surface area contributed by atoms with Crippen LogP contribution in [0.3, 0.4) is 0 Å². The van der Waals surface area contributed by atoms with E-state index in [9.17, 15) is 0 Å². The number of hydrogen-bond acceptors (Lipinski definition) is 4. The van der Waals surface area contributed by atoms with Gasteiger partial charge in [-0.1, -0.05) is 0 Å². The maximum absolute atomic E-state index is 5.69. The molecule has 0 bridgehead atoms. The van der Waals surface area contributed by atoms with E-state index in [1.807, 2.05) is 11.7 Å². The van der Waals surface area contributed by atoms with Crippen LogP contribution in [0, 0.1) is 5.92 Å². The first-order valence-electron chi connectivity index (χ1n) is 5.63. The van der Waals surface area contributed by atoms with Crippen molar-refractivity contribution in [1.29, 1.82) is 0 Å². The fraction of sp³-hybridized carbons (Fsp3) is 0.727. The Morgan fingerprint density at radius 2 is 2.33 bits per heavy atom. The Hall–Kier alpha value is -0.450. The van der Waals surface area contributed by atoms with Crippen molar-refractivity contribution in [2.24, 2.45) is 11.7 Å². The summed E-state index contributed by atoms with van der Waals surface area (Å²) in [6.07, 6.45) is 4.49. The molecule has 1 aliphatic rings. The van der Waals surface area contributed by atoms with Crippen molar-refractivity contribution >= 4 is 11.3 Å². The lowest BCUT2D eigenvalue weighted by atomic mass is 9.96. The van der Waals surface area contributed by atoms with Crippen molar-refractivity contribution in [1.82, 2.24) is 9.88 Å². The van der Waals surface area contributed by atoms with Crippen LogP contribution < -0.4 is 5.73 Å². The van der Waals surface area contributed by atoms with E-state index in [4.69, 9.17) is 5.73 Å². The zero-order valence-corrected chi connectivity index (χ0v) is 10.0. The predicted molar refractivity (Wildman–Crippen MR) is 63.9 cm³/mol. The highest BCUT2D eigenvalue weighted by molar-refractivity contribution is 7.09. The van der Waals surface area contributed by atoms with Crippen LogP contribution in [0.15, 0.2) is 11.7 Å². The molecule has 3 nitrogen and oxygen atoms in total. The summed E-state index contributed by atoms with van der Waals surface area (Å²) in [5.41, 5.74) is 7.61. The third kappa shape index (κ3) is 2.56. The van der Waals surface area contributed by atoms with Gasteiger partial charge in [0, 0.05) is 17.1 Å². The molecule has 0 saturated carbocycles. The SMILES string of the molecule is CC(c1cncs1)N1CCC(CN)CC1. The standard InChI is InChI=1S/C11H19N3S/c1-9(11-7-13-8-15-11)14-4-2-10(6-12)3-5-14/h7-10H,2-6,12H2,1H3. The van der Waals surface area contributed by atoms with Gasteiger partial charge in [0.2, 0.25) is 0 Å². The minimum Gasteiger partial charge on any atom is -0.330 e. The Kier molecular flexibility index (Phi) is 3.72. The summed E-state index contributed by atoms with van der Waals surface area (Å²) in [7, 11) is 0. The van der Waals surface area contributed by atoms with E-state index >= 15 is 0 Å². The first-order valence-corrected chi connectivity index (χ1v) is 6.51. The minimum absolute atomic E-state index is 0.524. The van der Waals surface area contributed by atoms with Gasteiger partial charge < -0.3 is 5.73 Å². The van der Waals surface area contributed by atoms with Gasteiger partial charge in [0.25, 0.3) is 0 Å². The molecule has 15 heavy (non-hydrogen) atoms. The number of thiazole rings is 1. The van der Waals surface area contributed by atoms with Crippen molar-refractivity contribution < 1.29 is 0 Å². The molecule has 0 amide bonds. The zero-order chi connectivity index (χ0) is 10.7. The van der Waals surface area contributed by atoms with E-state index in [1.54, 1.807) is 11.3 Å². The Balaban J connectivity index is 1.90. The van der Waals surface area contributed by atoms with Gasteiger partial charge in [-0.3, -0.25) is 9.88 Å². The molecule has 1 aliphatic heterocycles. The summed E-state index contributed by atoms with van der Waals surface area (Å²) in [5, 5.41) is 0. The second kappa shape index (κ2) is 5.05. The fourth-order valence-electron chi connectivity index (χ4n) is 2.19. The average Bonchev–Trinajstić information content (AvgIpc) is 2.82. The van der Waals surface area contributed by atoms with Crippen molar-refractivity contribution in [3.8, 4) is 0 Å². The summed E-state index contributed by atoms with van der Waals surface area (Å²) in [4.78, 5) is 8.06. The topological polar surface area (TPSA) is 42.2 Å². The second-order valence-corrected chi connectivity index (χ2v) is 5.21. The molecule has 1 fully saturated rings. The fourth-order valence-corrected chi connectivity index (χ4v) is 2.90. The number of aromatic nitrogens is 1. The molecule has 4 heteroatoms. The molecule has 1 atom stereocenters. The summed E-state index contributed by atoms with van der Waals surface area (Å²) in [5.74, 6) is 0.745. The van der Waals surface area contributed by atoms with Gasteiger partial charge in [0.05, 0.1) is 5.51 Å². The van der Waals surface area contributed by atoms with Crippen LogP contribution in [0.25, 0.3) is 0 Å². The molecule has 1 aromatic heterocycles. The molecule has 0 spiro atoms. The predicted octanol–water partition coefficient (Wildman–Crippen LogP) is 1.87. The smallest absolute Gasteiger partial charge is 0.0794 e. The molecular formula is C11H19N3S. The molecule has 0 aromatic carbocycles. The lowest BCUT2D eigenvalue weighted by Crippen LogP contribution is -2.37. The number of likely N-dealkylation sites (tertiary alicyclic amines) is 1. The van der Waals surface area contributed by atoms with E-state index in [2.05, 4.69) is 16.8 Å². The highest BCUT2D eigenvalue weighted by Gasteiger charge is 2.23. The summed E-state index contributed by atoms with van der Waals surface area (Å²) < 4.78 is 0. The highest BCUT2D eigenvalue weighted by atomic mass is 32.1. The first kappa shape index (κ1) is 11.0. The van der Waals surface area contributed by atoms with Crippen LogP contribution in [0.4, 0.5) is 0 Å². The van der Waals surface area contributed by atoms with Gasteiger partial charge in [-0.2, -0.15) is 0 Å². The third-order valence-electron chi connectivity index (χ3n) is 3.39. The summed E-state index contributed by atoms with van der Waals surface area (Å²) in [6, 6.07) is 0.524. The number of hydrogen-bond donors (Lipinski definition) is 1. The largest absolute Gasteiger partial charge is 0.330 e. The first-order chi connectivity index (χ1) is 7.31. The zero-order valence-electron chi connectivity index (χ0n) is 9.22. The lowest BCUT2D eigenvalue weighted by molar-refractivity contribution is 0.145. The van der Waals surface area contributed by atoms with Gasteiger partial charge in [-0.25, -0.2) is 0 Å². The number of nitrogens with two attached hydrogens (primary N) is 1. The van der Waals surface area contributed by atoms with Gasteiger partial charge in [0.15, 0.2) is 0 Å². The maximum Gasteiger partial charge on any atom is 0.0794 e. The molecule has 1 aromatic rings. The van der Waals surface area contributed by atoms with Gasteiger partial charge in [-0.05, 0) is 45.3 Å². The van der Waals surface area contributed by atoms with Crippen LogP contribution in [-0.2, 0) is 0 Å². The van der Waals surface area contributed by atoms with Gasteiger partial charge >= 0.3 is 0 Å². The quantitative estimate of drug-likeness (QED) is 0.854. The van der Waals surface area contributed by atoms with E-state index in [1.165, 1.54) is 30.8 Å². The van der Waals surface area contributed by atoms with Crippen LogP contribution in [-0.4, -0.2) is 29.5 Å². The Labute approximate surface area is 95.3 Å². The number of rotatable bonds is 3. The van der Waals surface area contributed by atoms with E-state index in [0.29, 0.717) is 6.04 Å². The maximum atomic E-state index is 5.69. The Morgan fingerprint density at radius 3 is 2.87 bits per heavy atom. The van der Waals surface area contributed by atoms with E-state index < -0.39 is 0 Å². The summed E-state index contributed by atoms with van der Waals surface area (Å²) in [6.45, 7) is 5.49. The normalized spacial score (nSPS) is 21.7. The van der Waals surface area contributed by atoms with Crippen molar-refractivity contribution in [2.75, 3.05) is 19.6 Å². The monoisotopic (exact) mass is 225 g/mol. The molecular weight excluding hydrogens is 206 g/mol. The average molecular weight is 225 g/mol. The minimum atomic E-state index is 0.524. The molecule has 84 valence electrons. The molecule has 1 saturated heterocycles. The van der Waals surface area contributed by atoms with Crippen molar-refractivity contribution in [3.05, 3.63) is 16.6 Å². The van der Waals surface area contributed by atoms with Crippen LogP contribution in [0.1, 0.15) is 30.7 Å². The van der Waals surface area contributed by atoms with Crippen LogP contribution >= 0.6 is 11.3 Å². The lowest BCUT2D eigenvalue weighted by Gasteiger charge is -2.35. The van der Waals surface area contributed by atoms with Crippen molar-refractivity contribution in [2.45, 2.75) is 25.8 Å². The number of piperidine rings is 1. The Morgan fingerprint density at radius 1 is 1.60 bits per heavy atom. The molecule has 0 radical (unpaired) electrons. The molecule has 1 unspecified atom stereocenters. The molecule has 2 rings (SSSR count). The van der Waals surface area contributed by atoms with Crippen molar-refractivity contribution in [3.63, 3.8) is 0 Å². The van der Waals surface area contributed by atoms with E-state index in [-0.39, 0.29) is 0 Å². The third-order valence-corrected chi connectivity index (χ3v) is 4.34. The van der Waals surface area contributed by atoms with Crippen LogP contribution in [0.2, 0.25) is 0 Å². The molecule has 0 aliphatic carbocycles. The molecule has 2 N–H and O–H groups in total. The van der Waals surface area contributed by atoms with Gasteiger partial charge in [-0.15, -0.1) is 11.3 Å². The number of nitrogens with zero attached hydrogens (tertiary/aromatic N) is 2. The Bertz CT molecular complexity index is 278. The van der Waals surface area contributed by atoms with Crippen LogP contribution in [0.5, 0.6) is 0 Å². The van der Waals surface area contributed by atoms with Gasteiger partial charge in [0.1, 0.15) is 0 Å². The molecule has 2 heterocycles.